The number of hydrogen-bond acceptors (Lipinski definition) is 6. The molecule has 12 heteroatoms. The summed E-state index contributed by atoms with van der Waals surface area (Å²) in [5.41, 5.74) is 0.171. The van der Waals surface area contributed by atoms with Gasteiger partial charge in [-0.05, 0) is 12.8 Å². The Balaban J connectivity index is 0.00000280. The summed E-state index contributed by atoms with van der Waals surface area (Å²) in [4.78, 5) is 14.6. The maximum atomic E-state index is 12.6. The van der Waals surface area contributed by atoms with E-state index in [1.165, 1.54) is 12.8 Å². The van der Waals surface area contributed by atoms with Crippen LogP contribution in [0, 0.1) is 0 Å². The first-order valence-corrected chi connectivity index (χ1v) is 10.4. The highest BCUT2D eigenvalue weighted by Crippen LogP contribution is 2.30. The summed E-state index contributed by atoms with van der Waals surface area (Å²) in [6.45, 7) is 2.98. The molecule has 0 amide bonds. The van der Waals surface area contributed by atoms with Crippen molar-refractivity contribution in [3.63, 3.8) is 0 Å². The third kappa shape index (κ3) is 6.44. The monoisotopic (exact) mass is 546 g/mol. The van der Waals surface area contributed by atoms with Crippen LogP contribution in [0.15, 0.2) is 15.8 Å². The van der Waals surface area contributed by atoms with Gasteiger partial charge >= 0.3 is 6.18 Å². The van der Waals surface area contributed by atoms with Crippen LogP contribution in [-0.4, -0.2) is 42.6 Å². The van der Waals surface area contributed by atoms with Crippen molar-refractivity contribution in [1.29, 1.82) is 0 Å². The number of halogens is 4. The molecule has 156 valence electrons. The van der Waals surface area contributed by atoms with Crippen molar-refractivity contribution in [1.82, 2.24) is 20.6 Å². The van der Waals surface area contributed by atoms with Crippen LogP contribution in [0.4, 0.5) is 18.3 Å². The molecular weight excluding hydrogens is 524 g/mol. The van der Waals surface area contributed by atoms with Crippen molar-refractivity contribution >= 4 is 57.7 Å². The number of thiazole rings is 2. The zero-order valence-corrected chi connectivity index (χ0v) is 19.2. The Morgan fingerprint density at radius 1 is 1.18 bits per heavy atom. The van der Waals surface area contributed by atoms with Crippen molar-refractivity contribution in [2.24, 2.45) is 4.99 Å². The fourth-order valence-electron chi connectivity index (χ4n) is 2.68. The van der Waals surface area contributed by atoms with E-state index in [1.807, 2.05) is 0 Å². The highest BCUT2D eigenvalue weighted by atomic mass is 127. The molecule has 3 rings (SSSR count). The van der Waals surface area contributed by atoms with Gasteiger partial charge in [-0.15, -0.1) is 46.7 Å². The lowest BCUT2D eigenvalue weighted by atomic mass is 10.3. The summed E-state index contributed by atoms with van der Waals surface area (Å²) in [6.07, 6.45) is -1.21. The Morgan fingerprint density at radius 3 is 2.57 bits per heavy atom. The number of aliphatic imine (C=N–C) groups is 1. The molecule has 0 unspecified atom stereocenters. The number of hydrogen-bond donors (Lipinski definition) is 2. The third-order valence-corrected chi connectivity index (χ3v) is 5.86. The summed E-state index contributed by atoms with van der Waals surface area (Å²) in [5.74, 6) is 0.522. The second-order valence-corrected chi connectivity index (χ2v) is 7.82. The molecule has 28 heavy (non-hydrogen) atoms. The van der Waals surface area contributed by atoms with E-state index in [0.717, 1.165) is 47.1 Å². The zero-order chi connectivity index (χ0) is 19.3. The zero-order valence-electron chi connectivity index (χ0n) is 15.3. The summed E-state index contributed by atoms with van der Waals surface area (Å²) in [5, 5.41) is 10.7. The highest BCUT2D eigenvalue weighted by molar-refractivity contribution is 14.0. The van der Waals surface area contributed by atoms with E-state index in [0.29, 0.717) is 17.5 Å². The molecule has 2 N–H and O–H groups in total. The number of alkyl halides is 3. The quantitative estimate of drug-likeness (QED) is 0.329. The normalized spacial score (nSPS) is 14.9. The van der Waals surface area contributed by atoms with Crippen LogP contribution in [0.3, 0.4) is 0 Å². The number of aromatic nitrogens is 2. The van der Waals surface area contributed by atoms with Crippen LogP contribution >= 0.6 is 46.7 Å². The van der Waals surface area contributed by atoms with E-state index < -0.39 is 11.9 Å². The van der Waals surface area contributed by atoms with E-state index in [1.54, 1.807) is 18.4 Å². The standard InChI is InChI=1S/C16H21F3N6S2.HI/c1-20-14(22-8-13-24-12(10-26-13)16(17,18)19)21-5-4-11-9-27-15(23-11)25-6-2-3-7-25;/h9-10H,2-8H2,1H3,(H2,20,21,22);1H. The average Bonchev–Trinajstić information content (AvgIpc) is 3.38. The molecule has 1 aliphatic heterocycles. The first-order chi connectivity index (χ1) is 13.0. The molecule has 0 radical (unpaired) electrons. The average molecular weight is 546 g/mol. The molecule has 0 spiro atoms. The molecule has 2 aromatic heterocycles. The van der Waals surface area contributed by atoms with Crippen molar-refractivity contribution in [3.05, 3.63) is 27.2 Å². The van der Waals surface area contributed by atoms with Crippen LogP contribution in [0.1, 0.15) is 29.2 Å². The maximum absolute atomic E-state index is 12.6. The first-order valence-electron chi connectivity index (χ1n) is 8.61. The molecule has 0 bridgehead atoms. The first kappa shape index (κ1) is 23.1. The van der Waals surface area contributed by atoms with Gasteiger partial charge in [-0.3, -0.25) is 4.99 Å². The minimum absolute atomic E-state index is 0. The lowest BCUT2D eigenvalue weighted by molar-refractivity contribution is -0.140. The Hall–Kier alpha value is -1.15. The van der Waals surface area contributed by atoms with Crippen LogP contribution in [0.2, 0.25) is 0 Å². The molecule has 0 aromatic carbocycles. The van der Waals surface area contributed by atoms with E-state index in [4.69, 9.17) is 0 Å². The fourth-order valence-corrected chi connectivity index (χ4v) is 4.33. The predicted molar refractivity (Wildman–Crippen MR) is 118 cm³/mol. The van der Waals surface area contributed by atoms with Crippen LogP contribution < -0.4 is 15.5 Å². The van der Waals surface area contributed by atoms with Crippen LogP contribution in [0.25, 0.3) is 0 Å². The fraction of sp³-hybridized carbons (Fsp3) is 0.562. The van der Waals surface area contributed by atoms with Gasteiger partial charge in [0.05, 0.1) is 12.2 Å². The maximum Gasteiger partial charge on any atom is 0.434 e. The second-order valence-electron chi connectivity index (χ2n) is 6.04. The van der Waals surface area contributed by atoms with E-state index >= 15 is 0 Å². The Kier molecular flexibility index (Phi) is 8.74. The van der Waals surface area contributed by atoms with Crippen molar-refractivity contribution in [2.75, 3.05) is 31.6 Å². The smallest absolute Gasteiger partial charge is 0.356 e. The molecule has 1 fully saturated rings. The van der Waals surface area contributed by atoms with Gasteiger partial charge in [0.2, 0.25) is 0 Å². The number of rotatable bonds is 6. The Labute approximate surface area is 186 Å². The highest BCUT2D eigenvalue weighted by Gasteiger charge is 2.33. The lowest BCUT2D eigenvalue weighted by Crippen LogP contribution is -2.37. The minimum Gasteiger partial charge on any atom is -0.356 e. The van der Waals surface area contributed by atoms with Gasteiger partial charge in [-0.1, -0.05) is 0 Å². The molecular formula is C16H22F3IN6S2. The van der Waals surface area contributed by atoms with Gasteiger partial charge in [0, 0.05) is 43.9 Å². The van der Waals surface area contributed by atoms with Crippen LogP contribution in [0.5, 0.6) is 0 Å². The van der Waals surface area contributed by atoms with Crippen molar-refractivity contribution < 1.29 is 13.2 Å². The van der Waals surface area contributed by atoms with Gasteiger partial charge < -0.3 is 15.5 Å². The van der Waals surface area contributed by atoms with Gasteiger partial charge in [0.25, 0.3) is 0 Å². The summed E-state index contributed by atoms with van der Waals surface area (Å²) >= 11 is 2.64. The van der Waals surface area contributed by atoms with Gasteiger partial charge in [-0.2, -0.15) is 13.2 Å². The molecule has 1 aliphatic rings. The molecule has 3 heterocycles. The molecule has 2 aromatic rings. The Morgan fingerprint density at radius 2 is 1.93 bits per heavy atom. The van der Waals surface area contributed by atoms with Gasteiger partial charge in [0.15, 0.2) is 16.8 Å². The summed E-state index contributed by atoms with van der Waals surface area (Å²) < 4.78 is 37.7. The minimum atomic E-state index is -4.41. The van der Waals surface area contributed by atoms with E-state index in [-0.39, 0.29) is 30.5 Å². The summed E-state index contributed by atoms with van der Waals surface area (Å²) in [7, 11) is 1.62. The molecule has 6 nitrogen and oxygen atoms in total. The Bertz CT molecular complexity index is 771. The number of anilines is 1. The topological polar surface area (TPSA) is 65.4 Å². The van der Waals surface area contributed by atoms with Crippen LogP contribution in [-0.2, 0) is 19.1 Å². The molecule has 1 saturated heterocycles. The molecule has 0 saturated carbocycles. The van der Waals surface area contributed by atoms with Crippen molar-refractivity contribution in [3.8, 4) is 0 Å². The second kappa shape index (κ2) is 10.6. The van der Waals surface area contributed by atoms with E-state index in [2.05, 4.69) is 35.9 Å². The van der Waals surface area contributed by atoms with Gasteiger partial charge in [0.1, 0.15) is 5.01 Å². The van der Waals surface area contributed by atoms with Gasteiger partial charge in [-0.25, -0.2) is 9.97 Å². The van der Waals surface area contributed by atoms with E-state index in [9.17, 15) is 13.2 Å². The summed E-state index contributed by atoms with van der Waals surface area (Å²) in [6, 6.07) is 0. The molecule has 0 atom stereocenters. The number of nitrogens with one attached hydrogen (secondary N) is 2. The van der Waals surface area contributed by atoms with Crippen molar-refractivity contribution in [2.45, 2.75) is 32.0 Å². The third-order valence-electron chi connectivity index (χ3n) is 4.06. The largest absolute Gasteiger partial charge is 0.434 e. The predicted octanol–water partition coefficient (Wildman–Crippen LogP) is 3.74. The molecule has 0 aliphatic carbocycles. The lowest BCUT2D eigenvalue weighted by Gasteiger charge is -2.12. The number of guanidine groups is 1. The number of nitrogens with zero attached hydrogens (tertiary/aromatic N) is 4. The SMILES string of the molecule is CN=C(NCCc1csc(N2CCCC2)n1)NCc1nc(C(F)(F)F)cs1.I.